The van der Waals surface area contributed by atoms with Crippen molar-refractivity contribution in [2.45, 2.75) is 45.0 Å². The van der Waals surface area contributed by atoms with E-state index in [0.717, 1.165) is 12.1 Å². The maximum atomic E-state index is 13.9. The average Bonchev–Trinajstić information content (AvgIpc) is 3.28. The highest BCUT2D eigenvalue weighted by Gasteiger charge is 2.39. The number of Topliss-reactive ketones (excluding diaryl/α,β-unsaturated/α-hetero) is 1. The van der Waals surface area contributed by atoms with Gasteiger partial charge in [-0.1, -0.05) is 37.4 Å². The normalized spacial score (nSPS) is 12.1. The fraction of sp³-hybridized carbons (Fsp3) is 0.320. The summed E-state index contributed by atoms with van der Waals surface area (Å²) in [5, 5.41) is 7.76. The zero-order valence-corrected chi connectivity index (χ0v) is 21.3. The standard InChI is InChI=1S/C25H25ClF3N5O4/c1-3-4-8-17(22(35)24(37)32-19-11-13-34(2)33-19)31-23(36)16-9-10-18(20(21(16)26)25(27,28)29)38-14-15-7-5-6-12-30-15/h5-7,9-13,17H,3-4,8,14H2,1-2H3,(H,31,36)(H,32,33,37)/t17-/m1/s1. The zero-order chi connectivity index (χ0) is 27.9. The number of pyridine rings is 1. The van der Waals surface area contributed by atoms with E-state index in [2.05, 4.69) is 20.7 Å². The number of carbonyl (C=O) groups excluding carboxylic acids is 3. The van der Waals surface area contributed by atoms with Crippen molar-refractivity contribution in [3.63, 3.8) is 0 Å². The number of halogens is 4. The van der Waals surface area contributed by atoms with E-state index in [9.17, 15) is 27.6 Å². The first kappa shape index (κ1) is 28.6. The molecule has 2 aromatic heterocycles. The van der Waals surface area contributed by atoms with E-state index in [4.69, 9.17) is 16.3 Å². The van der Waals surface area contributed by atoms with Crippen LogP contribution in [0.15, 0.2) is 48.8 Å². The van der Waals surface area contributed by atoms with Gasteiger partial charge in [-0.05, 0) is 30.7 Å². The van der Waals surface area contributed by atoms with Gasteiger partial charge in [-0.2, -0.15) is 18.3 Å². The lowest BCUT2D eigenvalue weighted by molar-refractivity contribution is -0.139. The third kappa shape index (κ3) is 7.31. The molecule has 0 bridgehead atoms. The highest BCUT2D eigenvalue weighted by Crippen LogP contribution is 2.42. The lowest BCUT2D eigenvalue weighted by atomic mass is 10.0. The summed E-state index contributed by atoms with van der Waals surface area (Å²) in [4.78, 5) is 42.3. The number of carbonyl (C=O) groups is 3. The Kier molecular flexibility index (Phi) is 9.45. The van der Waals surface area contributed by atoms with Gasteiger partial charge in [-0.25, -0.2) is 0 Å². The van der Waals surface area contributed by atoms with Gasteiger partial charge in [0.2, 0.25) is 5.78 Å². The predicted molar refractivity (Wildman–Crippen MR) is 133 cm³/mol. The number of ketones is 1. The molecule has 0 saturated heterocycles. The highest BCUT2D eigenvalue weighted by molar-refractivity contribution is 6.42. The number of aryl methyl sites for hydroxylation is 1. The van der Waals surface area contributed by atoms with Crippen molar-refractivity contribution in [1.82, 2.24) is 20.1 Å². The van der Waals surface area contributed by atoms with E-state index in [-0.39, 0.29) is 18.8 Å². The molecule has 9 nitrogen and oxygen atoms in total. The van der Waals surface area contributed by atoms with E-state index in [1.54, 1.807) is 31.4 Å². The van der Waals surface area contributed by atoms with E-state index in [1.165, 1.54) is 16.9 Å². The van der Waals surface area contributed by atoms with Crippen LogP contribution in [0.2, 0.25) is 5.02 Å². The Bertz CT molecular complexity index is 1300. The second-order valence-corrected chi connectivity index (χ2v) is 8.65. The number of nitrogens with zero attached hydrogens (tertiary/aromatic N) is 3. The topological polar surface area (TPSA) is 115 Å². The summed E-state index contributed by atoms with van der Waals surface area (Å²) < 4.78 is 48.5. The van der Waals surface area contributed by atoms with Gasteiger partial charge in [-0.3, -0.25) is 24.0 Å². The number of amides is 2. The molecule has 1 atom stereocenters. The third-order valence-corrected chi connectivity index (χ3v) is 5.77. The summed E-state index contributed by atoms with van der Waals surface area (Å²) in [6.07, 6.45) is -0.728. The van der Waals surface area contributed by atoms with Crippen LogP contribution in [0, 0.1) is 0 Å². The molecular formula is C25H25ClF3N5O4. The molecule has 2 heterocycles. The van der Waals surface area contributed by atoms with Crippen molar-refractivity contribution in [1.29, 1.82) is 0 Å². The molecule has 13 heteroatoms. The van der Waals surface area contributed by atoms with Gasteiger partial charge in [0.1, 0.15) is 17.9 Å². The minimum atomic E-state index is -4.95. The van der Waals surface area contributed by atoms with Crippen LogP contribution in [0.4, 0.5) is 19.0 Å². The maximum Gasteiger partial charge on any atom is 0.421 e. The molecule has 3 rings (SSSR count). The molecule has 3 aromatic rings. The van der Waals surface area contributed by atoms with Gasteiger partial charge in [-0.15, -0.1) is 0 Å². The second-order valence-electron chi connectivity index (χ2n) is 8.27. The molecule has 0 aliphatic heterocycles. The largest absolute Gasteiger partial charge is 0.487 e. The lowest BCUT2D eigenvalue weighted by Crippen LogP contribution is -2.45. The van der Waals surface area contributed by atoms with Gasteiger partial charge in [0.05, 0.1) is 22.3 Å². The molecule has 38 heavy (non-hydrogen) atoms. The quantitative estimate of drug-likeness (QED) is 0.338. The first-order chi connectivity index (χ1) is 18.0. The molecule has 2 amide bonds. The molecule has 2 N–H and O–H groups in total. The Balaban J connectivity index is 1.82. The minimum absolute atomic E-state index is 0.0890. The number of anilines is 1. The van der Waals surface area contributed by atoms with Crippen LogP contribution in [0.25, 0.3) is 0 Å². The summed E-state index contributed by atoms with van der Waals surface area (Å²) in [6, 6.07) is 7.10. The fourth-order valence-corrected chi connectivity index (χ4v) is 3.83. The van der Waals surface area contributed by atoms with Crippen LogP contribution in [0.1, 0.15) is 47.8 Å². The Morgan fingerprint density at radius 3 is 2.53 bits per heavy atom. The van der Waals surface area contributed by atoms with Crippen molar-refractivity contribution in [2.75, 3.05) is 5.32 Å². The number of rotatable bonds is 11. The average molecular weight is 552 g/mol. The Morgan fingerprint density at radius 2 is 1.92 bits per heavy atom. The van der Waals surface area contributed by atoms with E-state index in [0.29, 0.717) is 18.5 Å². The van der Waals surface area contributed by atoms with Crippen molar-refractivity contribution in [3.8, 4) is 5.75 Å². The molecule has 0 radical (unpaired) electrons. The van der Waals surface area contributed by atoms with Crippen LogP contribution < -0.4 is 15.4 Å². The molecule has 0 fully saturated rings. The number of nitrogens with one attached hydrogen (secondary N) is 2. The minimum Gasteiger partial charge on any atom is -0.487 e. The molecule has 0 unspecified atom stereocenters. The van der Waals surface area contributed by atoms with Crippen molar-refractivity contribution in [2.24, 2.45) is 7.05 Å². The maximum absolute atomic E-state index is 13.9. The van der Waals surface area contributed by atoms with Gasteiger partial charge in [0.15, 0.2) is 5.82 Å². The van der Waals surface area contributed by atoms with Crippen LogP contribution in [-0.4, -0.2) is 38.4 Å². The Labute approximate surface area is 221 Å². The number of hydrogen-bond acceptors (Lipinski definition) is 6. The first-order valence-electron chi connectivity index (χ1n) is 11.6. The van der Waals surface area contributed by atoms with Crippen LogP contribution in [0.5, 0.6) is 5.75 Å². The fourth-order valence-electron chi connectivity index (χ4n) is 3.48. The molecule has 1 aromatic carbocycles. The van der Waals surface area contributed by atoms with Crippen LogP contribution in [0.3, 0.4) is 0 Å². The number of alkyl halides is 3. The summed E-state index contributed by atoms with van der Waals surface area (Å²) >= 11 is 6.06. The predicted octanol–water partition coefficient (Wildman–Crippen LogP) is 4.56. The van der Waals surface area contributed by atoms with E-state index < -0.39 is 51.7 Å². The summed E-state index contributed by atoms with van der Waals surface area (Å²) in [5.74, 6) is -3.49. The molecule has 0 aliphatic rings. The van der Waals surface area contributed by atoms with Crippen LogP contribution >= 0.6 is 11.6 Å². The number of aromatic nitrogens is 3. The molecule has 0 saturated carbocycles. The number of hydrogen-bond donors (Lipinski definition) is 2. The molecule has 0 spiro atoms. The highest BCUT2D eigenvalue weighted by atomic mass is 35.5. The van der Waals surface area contributed by atoms with E-state index in [1.807, 2.05) is 6.92 Å². The monoisotopic (exact) mass is 551 g/mol. The number of ether oxygens (including phenoxy) is 1. The summed E-state index contributed by atoms with van der Waals surface area (Å²) in [7, 11) is 1.62. The van der Waals surface area contributed by atoms with Crippen LogP contribution in [-0.2, 0) is 29.4 Å². The zero-order valence-electron chi connectivity index (χ0n) is 20.5. The Hall–Kier alpha value is -3.93. The van der Waals surface area contributed by atoms with Crippen molar-refractivity contribution >= 4 is 35.0 Å². The lowest BCUT2D eigenvalue weighted by Gasteiger charge is -2.20. The van der Waals surface area contributed by atoms with Gasteiger partial charge in [0.25, 0.3) is 11.8 Å². The van der Waals surface area contributed by atoms with Gasteiger partial charge in [0, 0.05) is 25.5 Å². The third-order valence-electron chi connectivity index (χ3n) is 5.38. The summed E-state index contributed by atoms with van der Waals surface area (Å²) in [5.41, 5.74) is -1.48. The SMILES string of the molecule is CCCC[C@@H](NC(=O)c1ccc(OCc2ccccn2)c(C(F)(F)F)c1Cl)C(=O)C(=O)Nc1ccn(C)n1. The second kappa shape index (κ2) is 12.5. The van der Waals surface area contributed by atoms with E-state index >= 15 is 0 Å². The smallest absolute Gasteiger partial charge is 0.421 e. The van der Waals surface area contributed by atoms with Crippen molar-refractivity contribution in [3.05, 3.63) is 70.6 Å². The summed E-state index contributed by atoms with van der Waals surface area (Å²) in [6.45, 7) is 1.58. The van der Waals surface area contributed by atoms with Gasteiger partial charge >= 0.3 is 6.18 Å². The first-order valence-corrected chi connectivity index (χ1v) is 12.0. The number of benzene rings is 1. The van der Waals surface area contributed by atoms with Gasteiger partial charge < -0.3 is 15.4 Å². The van der Waals surface area contributed by atoms with Crippen molar-refractivity contribution < 1.29 is 32.3 Å². The molecular weight excluding hydrogens is 527 g/mol. The molecule has 0 aliphatic carbocycles. The number of unbranched alkanes of at least 4 members (excludes halogenated alkanes) is 1. The molecule has 202 valence electrons. The Morgan fingerprint density at radius 1 is 1.16 bits per heavy atom.